The van der Waals surface area contributed by atoms with Crippen LogP contribution in [0.5, 0.6) is 0 Å². The molecule has 1 aromatic carbocycles. The molecular weight excluding hydrogens is 314 g/mol. The molecule has 1 amide bonds. The van der Waals surface area contributed by atoms with E-state index in [4.69, 9.17) is 0 Å². The number of anilines is 3. The van der Waals surface area contributed by atoms with Crippen molar-refractivity contribution in [3.05, 3.63) is 42.2 Å². The molecule has 0 saturated carbocycles. The minimum absolute atomic E-state index is 0.134. The number of aromatic nitrogens is 2. The zero-order chi connectivity index (χ0) is 18.2. The van der Waals surface area contributed by atoms with Crippen LogP contribution in [0.1, 0.15) is 44.5 Å². The molecule has 0 aliphatic rings. The first-order valence-electron chi connectivity index (χ1n) is 8.82. The van der Waals surface area contributed by atoms with Gasteiger partial charge in [-0.25, -0.2) is 9.97 Å². The fourth-order valence-corrected chi connectivity index (χ4v) is 2.39. The lowest BCUT2D eigenvalue weighted by Crippen LogP contribution is -2.32. The molecular formula is C19H27N5O. The third-order valence-electron chi connectivity index (χ3n) is 4.16. The van der Waals surface area contributed by atoms with Gasteiger partial charge in [-0.3, -0.25) is 4.79 Å². The van der Waals surface area contributed by atoms with E-state index >= 15 is 0 Å². The molecule has 1 aromatic heterocycles. The van der Waals surface area contributed by atoms with E-state index in [1.165, 1.54) is 18.1 Å². The largest absolute Gasteiger partial charge is 0.372 e. The van der Waals surface area contributed by atoms with Crippen molar-refractivity contribution >= 4 is 23.2 Å². The van der Waals surface area contributed by atoms with Gasteiger partial charge in [0.05, 0.1) is 5.56 Å². The number of rotatable bonds is 8. The zero-order valence-electron chi connectivity index (χ0n) is 15.4. The van der Waals surface area contributed by atoms with Crippen LogP contribution in [-0.2, 0) is 0 Å². The molecule has 0 radical (unpaired) electrons. The van der Waals surface area contributed by atoms with Gasteiger partial charge in [-0.2, -0.15) is 0 Å². The summed E-state index contributed by atoms with van der Waals surface area (Å²) in [6.45, 7) is 10.2. The number of hydrogen-bond donors (Lipinski definition) is 2. The minimum atomic E-state index is -0.149. The lowest BCUT2D eigenvalue weighted by Gasteiger charge is -2.21. The first-order chi connectivity index (χ1) is 12.1. The van der Waals surface area contributed by atoms with Crippen molar-refractivity contribution in [3.63, 3.8) is 0 Å². The van der Waals surface area contributed by atoms with Gasteiger partial charge in [-0.15, -0.1) is 0 Å². The SMILES string of the molecule is CCC(C)NC(=O)c1cnc(Nc2ccc(N(CC)CC)cc2)nc1. The van der Waals surface area contributed by atoms with E-state index in [-0.39, 0.29) is 11.9 Å². The van der Waals surface area contributed by atoms with Crippen LogP contribution in [-0.4, -0.2) is 35.0 Å². The highest BCUT2D eigenvalue weighted by molar-refractivity contribution is 5.93. The van der Waals surface area contributed by atoms with Crippen LogP contribution in [0.25, 0.3) is 0 Å². The lowest BCUT2D eigenvalue weighted by molar-refractivity contribution is 0.0938. The third-order valence-corrected chi connectivity index (χ3v) is 4.16. The van der Waals surface area contributed by atoms with Crippen molar-refractivity contribution in [3.8, 4) is 0 Å². The molecule has 1 heterocycles. The van der Waals surface area contributed by atoms with E-state index < -0.39 is 0 Å². The fraction of sp³-hybridized carbons (Fsp3) is 0.421. The molecule has 6 nitrogen and oxygen atoms in total. The summed E-state index contributed by atoms with van der Waals surface area (Å²) in [5.74, 6) is 0.320. The van der Waals surface area contributed by atoms with Gasteiger partial charge < -0.3 is 15.5 Å². The maximum Gasteiger partial charge on any atom is 0.254 e. The van der Waals surface area contributed by atoms with Gasteiger partial charge in [0.1, 0.15) is 0 Å². The molecule has 2 aromatic rings. The molecule has 0 bridgehead atoms. The fourth-order valence-electron chi connectivity index (χ4n) is 2.39. The predicted octanol–water partition coefficient (Wildman–Crippen LogP) is 3.59. The Hall–Kier alpha value is -2.63. The number of nitrogens with zero attached hydrogens (tertiary/aromatic N) is 3. The highest BCUT2D eigenvalue weighted by atomic mass is 16.1. The Balaban J connectivity index is 2.00. The van der Waals surface area contributed by atoms with E-state index in [2.05, 4.69) is 51.5 Å². The summed E-state index contributed by atoms with van der Waals surface area (Å²) in [5, 5.41) is 6.05. The molecule has 25 heavy (non-hydrogen) atoms. The van der Waals surface area contributed by atoms with E-state index in [0.717, 1.165) is 25.2 Å². The Morgan fingerprint density at radius 1 is 1.08 bits per heavy atom. The van der Waals surface area contributed by atoms with Crippen molar-refractivity contribution < 1.29 is 4.79 Å². The number of amides is 1. The van der Waals surface area contributed by atoms with Crippen molar-refractivity contribution in [2.75, 3.05) is 23.3 Å². The van der Waals surface area contributed by atoms with Crippen LogP contribution in [0.3, 0.4) is 0 Å². The summed E-state index contributed by atoms with van der Waals surface area (Å²) in [5.41, 5.74) is 2.56. The second kappa shape index (κ2) is 9.01. The van der Waals surface area contributed by atoms with Crippen molar-refractivity contribution in [1.29, 1.82) is 0 Å². The van der Waals surface area contributed by atoms with Crippen LogP contribution in [0, 0.1) is 0 Å². The Morgan fingerprint density at radius 3 is 2.20 bits per heavy atom. The Labute approximate surface area is 149 Å². The normalized spacial score (nSPS) is 11.7. The monoisotopic (exact) mass is 341 g/mol. The van der Waals surface area contributed by atoms with Crippen LogP contribution in [0.4, 0.5) is 17.3 Å². The molecule has 0 fully saturated rings. The smallest absolute Gasteiger partial charge is 0.254 e. The van der Waals surface area contributed by atoms with Crippen LogP contribution >= 0.6 is 0 Å². The number of hydrogen-bond acceptors (Lipinski definition) is 5. The predicted molar refractivity (Wildman–Crippen MR) is 103 cm³/mol. The van der Waals surface area contributed by atoms with Crippen molar-refractivity contribution in [2.24, 2.45) is 0 Å². The molecule has 0 spiro atoms. The van der Waals surface area contributed by atoms with E-state index in [0.29, 0.717) is 11.5 Å². The Morgan fingerprint density at radius 2 is 1.68 bits per heavy atom. The van der Waals surface area contributed by atoms with Crippen molar-refractivity contribution in [2.45, 2.75) is 40.2 Å². The number of carbonyl (C=O) groups is 1. The van der Waals surface area contributed by atoms with E-state index in [9.17, 15) is 4.79 Å². The molecule has 2 N–H and O–H groups in total. The molecule has 6 heteroatoms. The van der Waals surface area contributed by atoms with E-state index in [1.54, 1.807) is 0 Å². The average molecular weight is 341 g/mol. The molecule has 0 aliphatic carbocycles. The van der Waals surface area contributed by atoms with E-state index in [1.807, 2.05) is 26.0 Å². The van der Waals surface area contributed by atoms with Crippen LogP contribution in [0.15, 0.2) is 36.7 Å². The maximum atomic E-state index is 12.0. The molecule has 134 valence electrons. The zero-order valence-corrected chi connectivity index (χ0v) is 15.4. The summed E-state index contributed by atoms with van der Waals surface area (Å²) in [7, 11) is 0. The Kier molecular flexibility index (Phi) is 6.74. The van der Waals surface area contributed by atoms with Crippen molar-refractivity contribution in [1.82, 2.24) is 15.3 Å². The van der Waals surface area contributed by atoms with Crippen LogP contribution in [0.2, 0.25) is 0 Å². The molecule has 1 unspecified atom stereocenters. The second-order valence-corrected chi connectivity index (χ2v) is 5.92. The van der Waals surface area contributed by atoms with Crippen LogP contribution < -0.4 is 15.5 Å². The summed E-state index contributed by atoms with van der Waals surface area (Å²) >= 11 is 0. The number of nitrogens with one attached hydrogen (secondary N) is 2. The van der Waals surface area contributed by atoms with Gasteiger partial charge in [-0.05, 0) is 51.5 Å². The van der Waals surface area contributed by atoms with Gasteiger partial charge in [0.15, 0.2) is 0 Å². The molecule has 0 saturated heterocycles. The topological polar surface area (TPSA) is 70.2 Å². The standard InChI is InChI=1S/C19H27N5O/c1-5-14(4)22-18(25)15-12-20-19(21-13-15)23-16-8-10-17(11-9-16)24(6-2)7-3/h8-14H,5-7H2,1-4H3,(H,22,25)(H,20,21,23). The summed E-state index contributed by atoms with van der Waals surface area (Å²) in [4.78, 5) is 22.8. The molecule has 0 aliphatic heterocycles. The first-order valence-corrected chi connectivity index (χ1v) is 8.82. The number of benzene rings is 1. The van der Waals surface area contributed by atoms with Gasteiger partial charge in [-0.1, -0.05) is 6.92 Å². The minimum Gasteiger partial charge on any atom is -0.372 e. The Bertz CT molecular complexity index is 665. The van der Waals surface area contributed by atoms with Gasteiger partial charge in [0, 0.05) is 42.9 Å². The highest BCUT2D eigenvalue weighted by Gasteiger charge is 2.10. The highest BCUT2D eigenvalue weighted by Crippen LogP contribution is 2.19. The quantitative estimate of drug-likeness (QED) is 0.768. The second-order valence-electron chi connectivity index (χ2n) is 5.92. The molecule has 2 rings (SSSR count). The summed E-state index contributed by atoms with van der Waals surface area (Å²) < 4.78 is 0. The molecule has 1 atom stereocenters. The van der Waals surface area contributed by atoms with Gasteiger partial charge in [0.2, 0.25) is 5.95 Å². The average Bonchev–Trinajstić information content (AvgIpc) is 2.64. The summed E-state index contributed by atoms with van der Waals surface area (Å²) in [6, 6.07) is 8.28. The summed E-state index contributed by atoms with van der Waals surface area (Å²) in [6.07, 6.45) is 3.96. The number of carbonyl (C=O) groups excluding carboxylic acids is 1. The lowest BCUT2D eigenvalue weighted by atomic mass is 10.2. The first kappa shape index (κ1) is 18.7. The maximum absolute atomic E-state index is 12.0. The van der Waals surface area contributed by atoms with Gasteiger partial charge >= 0.3 is 0 Å². The third kappa shape index (κ3) is 5.17. The van der Waals surface area contributed by atoms with Gasteiger partial charge in [0.25, 0.3) is 5.91 Å².